The summed E-state index contributed by atoms with van der Waals surface area (Å²) in [6.45, 7) is 2.51. The molecule has 64 valence electrons. The van der Waals surface area contributed by atoms with E-state index in [1.54, 1.807) is 0 Å². The molecule has 0 unspecified atom stereocenters. The van der Waals surface area contributed by atoms with Gasteiger partial charge in [0.15, 0.2) is 0 Å². The van der Waals surface area contributed by atoms with Crippen LogP contribution in [0.3, 0.4) is 0 Å². The van der Waals surface area contributed by atoms with Gasteiger partial charge in [-0.15, -0.1) is 0 Å². The second-order valence-corrected chi connectivity index (χ2v) is 4.36. The van der Waals surface area contributed by atoms with Crippen molar-refractivity contribution >= 4 is 0 Å². The van der Waals surface area contributed by atoms with Crippen LogP contribution in [-0.4, -0.2) is 18.0 Å². The Morgan fingerprint density at radius 2 is 1.73 bits per heavy atom. The van der Waals surface area contributed by atoms with E-state index in [-0.39, 0.29) is 0 Å². The first-order chi connectivity index (χ1) is 5.31. The molecule has 0 aromatic carbocycles. The molecule has 1 saturated carbocycles. The van der Waals surface area contributed by atoms with E-state index in [0.717, 1.165) is 0 Å². The fourth-order valence-electron chi connectivity index (χ4n) is 2.74. The summed E-state index contributed by atoms with van der Waals surface area (Å²) in [4.78, 5) is 2.26. The summed E-state index contributed by atoms with van der Waals surface area (Å²) in [7, 11) is 4.02. The van der Waals surface area contributed by atoms with Crippen LogP contribution in [-0.2, 0) is 0 Å². The van der Waals surface area contributed by atoms with Crippen molar-refractivity contribution in [2.75, 3.05) is 13.1 Å². The molecule has 2 aliphatic rings. The molecule has 1 spiro atoms. The molecule has 1 heterocycles. The van der Waals surface area contributed by atoms with Gasteiger partial charge in [-0.2, -0.15) is 0 Å². The molecule has 0 bridgehead atoms. The van der Waals surface area contributed by atoms with Crippen LogP contribution in [0.4, 0.5) is 0 Å². The van der Waals surface area contributed by atoms with Gasteiger partial charge in [-0.05, 0) is 37.8 Å². The van der Waals surface area contributed by atoms with Crippen LogP contribution in [0.2, 0.25) is 0 Å². The summed E-state index contributed by atoms with van der Waals surface area (Å²) in [5, 5.41) is 0. The molecule has 1 aliphatic carbocycles. The summed E-state index contributed by atoms with van der Waals surface area (Å²) in [6.07, 6.45) is 8.76. The smallest absolute Gasteiger partial charge is 0.0183 e. The molecule has 0 amide bonds. The Morgan fingerprint density at radius 3 is 2.27 bits per heavy atom. The van der Waals surface area contributed by atoms with Crippen LogP contribution in [0.1, 0.15) is 38.5 Å². The molecule has 0 aromatic heterocycles. The lowest BCUT2D eigenvalue weighted by Gasteiger charge is -2.34. The lowest BCUT2D eigenvalue weighted by molar-refractivity contribution is 0.200. The first kappa shape index (κ1) is 7.60. The highest BCUT2D eigenvalue weighted by molar-refractivity contribution is 4.91. The lowest BCUT2D eigenvalue weighted by atomic mass is 9.74. The van der Waals surface area contributed by atoms with Crippen molar-refractivity contribution in [2.45, 2.75) is 38.5 Å². The van der Waals surface area contributed by atoms with Gasteiger partial charge in [0, 0.05) is 0 Å². The molecule has 1 nitrogen and oxygen atoms in total. The monoisotopic (exact) mass is 152 g/mol. The maximum Gasteiger partial charge on any atom is -0.0183 e. The van der Waals surface area contributed by atoms with Gasteiger partial charge in [-0.25, -0.2) is 0 Å². The molecule has 1 heteroatoms. The highest BCUT2D eigenvalue weighted by Gasteiger charge is 2.35. The SMILES string of the molecule is [CH2-]N1CCC2(CCCCC2)C1. The van der Waals surface area contributed by atoms with Crippen LogP contribution in [0, 0.1) is 12.5 Å². The molecular weight excluding hydrogens is 134 g/mol. The van der Waals surface area contributed by atoms with Crippen molar-refractivity contribution < 1.29 is 0 Å². The van der Waals surface area contributed by atoms with E-state index in [1.807, 2.05) is 0 Å². The van der Waals surface area contributed by atoms with E-state index in [1.165, 1.54) is 51.6 Å². The Labute approximate surface area is 69.8 Å². The maximum atomic E-state index is 4.02. The van der Waals surface area contributed by atoms with E-state index in [0.29, 0.717) is 5.41 Å². The molecule has 2 fully saturated rings. The molecular formula is C10H18N-. The van der Waals surface area contributed by atoms with E-state index in [4.69, 9.17) is 0 Å². The first-order valence-electron chi connectivity index (χ1n) is 4.86. The zero-order chi connectivity index (χ0) is 7.73. The number of nitrogens with zero attached hydrogens (tertiary/aromatic N) is 1. The Bertz CT molecular complexity index is 130. The molecule has 0 aromatic rings. The minimum Gasteiger partial charge on any atom is -0.459 e. The number of likely N-dealkylation sites (tertiary alicyclic amines) is 1. The number of hydrogen-bond acceptors (Lipinski definition) is 1. The van der Waals surface area contributed by atoms with Crippen molar-refractivity contribution in [1.29, 1.82) is 0 Å². The molecule has 1 aliphatic heterocycles. The Kier molecular flexibility index (Phi) is 1.92. The van der Waals surface area contributed by atoms with Crippen LogP contribution >= 0.6 is 0 Å². The van der Waals surface area contributed by atoms with Crippen LogP contribution in [0.15, 0.2) is 0 Å². The molecule has 11 heavy (non-hydrogen) atoms. The maximum absolute atomic E-state index is 4.02. The summed E-state index contributed by atoms with van der Waals surface area (Å²) < 4.78 is 0. The third-order valence-corrected chi connectivity index (χ3v) is 3.43. The molecule has 0 N–H and O–H groups in total. The van der Waals surface area contributed by atoms with E-state index in [2.05, 4.69) is 11.9 Å². The van der Waals surface area contributed by atoms with Crippen LogP contribution in [0.5, 0.6) is 0 Å². The summed E-state index contributed by atoms with van der Waals surface area (Å²) in [5.74, 6) is 0. The lowest BCUT2D eigenvalue weighted by Crippen LogP contribution is -2.26. The zero-order valence-corrected chi connectivity index (χ0v) is 7.31. The summed E-state index contributed by atoms with van der Waals surface area (Å²) in [6, 6.07) is 0. The largest absolute Gasteiger partial charge is 0.459 e. The van der Waals surface area contributed by atoms with E-state index in [9.17, 15) is 0 Å². The highest BCUT2D eigenvalue weighted by Crippen LogP contribution is 2.43. The minimum absolute atomic E-state index is 0.708. The average Bonchev–Trinajstić information content (AvgIpc) is 2.34. The van der Waals surface area contributed by atoms with Gasteiger partial charge < -0.3 is 4.90 Å². The Morgan fingerprint density at radius 1 is 1.00 bits per heavy atom. The van der Waals surface area contributed by atoms with Gasteiger partial charge in [-0.3, -0.25) is 7.05 Å². The number of hydrogen-bond donors (Lipinski definition) is 0. The first-order valence-corrected chi connectivity index (χ1v) is 4.86. The summed E-state index contributed by atoms with van der Waals surface area (Å²) >= 11 is 0. The molecule has 0 atom stereocenters. The van der Waals surface area contributed by atoms with Crippen molar-refractivity contribution in [1.82, 2.24) is 4.90 Å². The predicted molar refractivity (Wildman–Crippen MR) is 47.1 cm³/mol. The van der Waals surface area contributed by atoms with Gasteiger partial charge in [0.2, 0.25) is 0 Å². The fraction of sp³-hybridized carbons (Fsp3) is 0.900. The number of rotatable bonds is 0. The second kappa shape index (κ2) is 2.78. The zero-order valence-electron chi connectivity index (χ0n) is 7.31. The van der Waals surface area contributed by atoms with Crippen molar-refractivity contribution in [3.63, 3.8) is 0 Å². The van der Waals surface area contributed by atoms with Gasteiger partial charge in [0.05, 0.1) is 0 Å². The topological polar surface area (TPSA) is 3.24 Å². The standard InChI is InChI=1S/C10H18N/c1-11-8-7-10(9-11)5-3-2-4-6-10/h1-9H2/q-1. The van der Waals surface area contributed by atoms with E-state index < -0.39 is 0 Å². The summed E-state index contributed by atoms with van der Waals surface area (Å²) in [5.41, 5.74) is 0.708. The van der Waals surface area contributed by atoms with Crippen LogP contribution < -0.4 is 0 Å². The predicted octanol–water partition coefficient (Wildman–Crippen LogP) is 2.43. The normalized spacial score (nSPS) is 31.4. The van der Waals surface area contributed by atoms with Crippen molar-refractivity contribution in [3.8, 4) is 0 Å². The Balaban J connectivity index is 1.98. The fourth-order valence-corrected chi connectivity index (χ4v) is 2.74. The average molecular weight is 152 g/mol. The van der Waals surface area contributed by atoms with Gasteiger partial charge >= 0.3 is 0 Å². The second-order valence-electron chi connectivity index (χ2n) is 4.36. The van der Waals surface area contributed by atoms with Gasteiger partial charge in [-0.1, -0.05) is 19.3 Å². The van der Waals surface area contributed by atoms with Crippen molar-refractivity contribution in [3.05, 3.63) is 7.05 Å². The van der Waals surface area contributed by atoms with E-state index >= 15 is 0 Å². The quantitative estimate of drug-likeness (QED) is 0.482. The molecule has 0 radical (unpaired) electrons. The Hall–Kier alpha value is -0.0400. The third-order valence-electron chi connectivity index (χ3n) is 3.43. The molecule has 1 saturated heterocycles. The van der Waals surface area contributed by atoms with Crippen LogP contribution in [0.25, 0.3) is 0 Å². The van der Waals surface area contributed by atoms with Gasteiger partial charge in [0.25, 0.3) is 0 Å². The third kappa shape index (κ3) is 1.44. The van der Waals surface area contributed by atoms with Gasteiger partial charge in [0.1, 0.15) is 0 Å². The van der Waals surface area contributed by atoms with Crippen molar-refractivity contribution in [2.24, 2.45) is 5.41 Å². The molecule has 2 rings (SSSR count). The minimum atomic E-state index is 0.708. The highest BCUT2D eigenvalue weighted by atomic mass is 15.1.